The highest BCUT2D eigenvalue weighted by Crippen LogP contribution is 2.35. The molecule has 35 heavy (non-hydrogen) atoms. The molecular formula is C29H30N4O2. The van der Waals surface area contributed by atoms with Crippen molar-refractivity contribution in [2.45, 2.75) is 25.3 Å². The molecule has 2 aliphatic rings. The van der Waals surface area contributed by atoms with Crippen molar-refractivity contribution in [3.63, 3.8) is 0 Å². The minimum Gasteiger partial charge on any atom is -0.357 e. The number of nitrogens with one attached hydrogen (secondary N) is 1. The number of carbonyl (C=O) groups excluding carboxylic acids is 2. The number of anilines is 2. The second-order valence-electron chi connectivity index (χ2n) is 9.21. The van der Waals surface area contributed by atoms with Gasteiger partial charge in [0.25, 0.3) is 0 Å². The molecule has 0 aliphatic carbocycles. The van der Waals surface area contributed by atoms with Crippen LogP contribution < -0.4 is 15.2 Å². The molecule has 5 rings (SSSR count). The smallest absolute Gasteiger partial charge is 0.248 e. The van der Waals surface area contributed by atoms with Gasteiger partial charge >= 0.3 is 0 Å². The van der Waals surface area contributed by atoms with Gasteiger partial charge in [-0.2, -0.15) is 10.1 Å². The predicted molar refractivity (Wildman–Crippen MR) is 140 cm³/mol. The molecule has 178 valence electrons. The van der Waals surface area contributed by atoms with Crippen LogP contribution in [0.5, 0.6) is 0 Å². The largest absolute Gasteiger partial charge is 0.357 e. The zero-order chi connectivity index (χ0) is 24.2. The Morgan fingerprint density at radius 1 is 0.914 bits per heavy atom. The Labute approximate surface area is 206 Å². The summed E-state index contributed by atoms with van der Waals surface area (Å²) in [5.41, 5.74) is 3.53. The molecule has 0 radical (unpaired) electrons. The van der Waals surface area contributed by atoms with Crippen LogP contribution in [0.3, 0.4) is 0 Å². The highest BCUT2D eigenvalue weighted by atomic mass is 16.2. The van der Waals surface area contributed by atoms with Gasteiger partial charge in [0.05, 0.1) is 17.3 Å². The van der Waals surface area contributed by atoms with Crippen LogP contribution in [0.4, 0.5) is 11.4 Å². The van der Waals surface area contributed by atoms with Crippen molar-refractivity contribution in [1.82, 2.24) is 5.32 Å². The zero-order valence-corrected chi connectivity index (χ0v) is 19.9. The Morgan fingerprint density at radius 2 is 1.51 bits per heavy atom. The number of hydrogen-bond acceptors (Lipinski definition) is 5. The van der Waals surface area contributed by atoms with Gasteiger partial charge in [-0.25, -0.2) is 0 Å². The number of para-hydroxylation sites is 2. The van der Waals surface area contributed by atoms with Gasteiger partial charge in [0.15, 0.2) is 5.78 Å². The van der Waals surface area contributed by atoms with Gasteiger partial charge in [-0.15, -0.1) is 0 Å². The zero-order valence-electron chi connectivity index (χ0n) is 19.9. The lowest BCUT2D eigenvalue weighted by Gasteiger charge is -2.40. The monoisotopic (exact) mass is 466 g/mol. The minimum atomic E-state index is -0.391. The van der Waals surface area contributed by atoms with Crippen molar-refractivity contribution in [1.29, 1.82) is 0 Å². The number of amides is 1. The first-order chi connectivity index (χ1) is 17.1. The quantitative estimate of drug-likeness (QED) is 0.591. The maximum absolute atomic E-state index is 14.3. The lowest BCUT2D eigenvalue weighted by molar-refractivity contribution is -0.121. The number of hydrogen-bond donors (Lipinski definition) is 1. The summed E-state index contributed by atoms with van der Waals surface area (Å²) in [6.45, 7) is 3.94. The molecule has 1 saturated heterocycles. The van der Waals surface area contributed by atoms with E-state index in [-0.39, 0.29) is 23.5 Å². The first-order valence-electron chi connectivity index (χ1n) is 12.2. The molecule has 1 fully saturated rings. The molecule has 6 nitrogen and oxygen atoms in total. The number of ketones is 1. The van der Waals surface area contributed by atoms with E-state index in [2.05, 4.69) is 15.3 Å². The molecule has 1 amide bonds. The van der Waals surface area contributed by atoms with E-state index in [4.69, 9.17) is 0 Å². The van der Waals surface area contributed by atoms with Gasteiger partial charge in [-0.1, -0.05) is 79.7 Å². The van der Waals surface area contributed by atoms with E-state index in [1.807, 2.05) is 98.1 Å². The fourth-order valence-corrected chi connectivity index (χ4v) is 4.99. The van der Waals surface area contributed by atoms with Crippen molar-refractivity contribution in [3.05, 3.63) is 96.1 Å². The van der Waals surface area contributed by atoms with E-state index >= 15 is 0 Å². The fraction of sp³-hybridized carbons (Fsp3) is 0.276. The number of carbonyl (C=O) groups is 2. The molecule has 1 N–H and O–H groups in total. The van der Waals surface area contributed by atoms with Crippen LogP contribution in [0.15, 0.2) is 90.0 Å². The highest BCUT2D eigenvalue weighted by Gasteiger charge is 2.37. The molecule has 0 saturated carbocycles. The summed E-state index contributed by atoms with van der Waals surface area (Å²) in [5, 5.41) is 9.35. The summed E-state index contributed by atoms with van der Waals surface area (Å²) in [5.74, 6) is -0.159. The standard InChI is InChI=1S/C29H30N4O2/c1-21-18-27(34)33(31-19-21)25-15-9-8-14-24(25)32-17-16-30-20-26(32)29(35)28(22-10-4-2-5-11-22)23-12-6-3-7-13-23/h2-15,19,21,26,28,30H,16-18,20H2,1H3. The highest BCUT2D eigenvalue weighted by molar-refractivity contribution is 6.02. The number of hydrazone groups is 1. The molecule has 2 aliphatic heterocycles. The van der Waals surface area contributed by atoms with Gasteiger partial charge in [0, 0.05) is 38.2 Å². The molecule has 3 aromatic carbocycles. The lowest BCUT2D eigenvalue weighted by atomic mass is 9.83. The number of nitrogens with zero attached hydrogens (tertiary/aromatic N) is 3. The van der Waals surface area contributed by atoms with E-state index in [1.165, 1.54) is 5.01 Å². The van der Waals surface area contributed by atoms with Gasteiger partial charge in [-0.3, -0.25) is 9.59 Å². The summed E-state index contributed by atoms with van der Waals surface area (Å²) in [4.78, 5) is 29.3. The maximum atomic E-state index is 14.3. The van der Waals surface area contributed by atoms with Crippen LogP contribution in [0.2, 0.25) is 0 Å². The van der Waals surface area contributed by atoms with E-state index < -0.39 is 6.04 Å². The van der Waals surface area contributed by atoms with Gasteiger partial charge in [0.1, 0.15) is 6.04 Å². The molecule has 2 unspecified atom stereocenters. The third kappa shape index (κ3) is 4.75. The molecule has 0 bridgehead atoms. The third-order valence-electron chi connectivity index (χ3n) is 6.71. The van der Waals surface area contributed by atoms with E-state index in [1.54, 1.807) is 0 Å². The van der Waals surface area contributed by atoms with E-state index in [9.17, 15) is 9.59 Å². The Kier molecular flexibility index (Phi) is 6.73. The normalized spacial score (nSPS) is 20.3. The Bertz CT molecular complexity index is 1170. The lowest BCUT2D eigenvalue weighted by Crippen LogP contribution is -2.56. The minimum absolute atomic E-state index is 0.0306. The summed E-state index contributed by atoms with van der Waals surface area (Å²) >= 11 is 0. The topological polar surface area (TPSA) is 65.0 Å². The van der Waals surface area contributed by atoms with E-state index in [0.29, 0.717) is 19.5 Å². The SMILES string of the molecule is CC1C=NN(c2ccccc2N2CCNCC2C(=O)C(c2ccccc2)c2ccccc2)C(=O)C1. The summed E-state index contributed by atoms with van der Waals surface area (Å²) in [7, 11) is 0. The molecule has 2 atom stereocenters. The molecule has 6 heteroatoms. The van der Waals surface area contributed by atoms with Crippen molar-refractivity contribution in [2.75, 3.05) is 29.5 Å². The van der Waals surface area contributed by atoms with Crippen LogP contribution >= 0.6 is 0 Å². The Hall–Kier alpha value is -3.77. The molecule has 3 aromatic rings. The second-order valence-corrected chi connectivity index (χ2v) is 9.21. The van der Waals surface area contributed by atoms with Crippen molar-refractivity contribution < 1.29 is 9.59 Å². The Morgan fingerprint density at radius 3 is 2.14 bits per heavy atom. The average Bonchev–Trinajstić information content (AvgIpc) is 2.90. The van der Waals surface area contributed by atoms with Crippen molar-refractivity contribution in [3.8, 4) is 0 Å². The van der Waals surface area contributed by atoms with Gasteiger partial charge < -0.3 is 10.2 Å². The first kappa shape index (κ1) is 23.0. The van der Waals surface area contributed by atoms with Crippen molar-refractivity contribution in [2.24, 2.45) is 11.0 Å². The third-order valence-corrected chi connectivity index (χ3v) is 6.71. The number of Topliss-reactive ketones (excluding diaryl/α,β-unsaturated/α-hetero) is 1. The summed E-state index contributed by atoms with van der Waals surface area (Å²) in [6.07, 6.45) is 2.24. The van der Waals surface area contributed by atoms with Crippen LogP contribution in [0.25, 0.3) is 0 Å². The Balaban J connectivity index is 1.54. The molecule has 0 spiro atoms. The average molecular weight is 467 g/mol. The van der Waals surface area contributed by atoms with Crippen molar-refractivity contribution >= 4 is 29.3 Å². The maximum Gasteiger partial charge on any atom is 0.248 e. The molecule has 2 heterocycles. The summed E-state index contributed by atoms with van der Waals surface area (Å²) in [6, 6.07) is 27.3. The first-order valence-corrected chi connectivity index (χ1v) is 12.2. The number of benzene rings is 3. The van der Waals surface area contributed by atoms with Crippen LogP contribution in [0.1, 0.15) is 30.4 Å². The van der Waals surface area contributed by atoms with Crippen LogP contribution in [-0.4, -0.2) is 43.6 Å². The summed E-state index contributed by atoms with van der Waals surface area (Å²) < 4.78 is 0. The van der Waals surface area contributed by atoms with Gasteiger partial charge in [0.2, 0.25) is 5.91 Å². The molecular weight excluding hydrogens is 436 g/mol. The van der Waals surface area contributed by atoms with Gasteiger partial charge in [-0.05, 0) is 23.3 Å². The fourth-order valence-electron chi connectivity index (χ4n) is 4.99. The predicted octanol–water partition coefficient (Wildman–Crippen LogP) is 4.22. The van der Waals surface area contributed by atoms with Crippen LogP contribution in [-0.2, 0) is 9.59 Å². The second kappa shape index (κ2) is 10.2. The van der Waals surface area contributed by atoms with Crippen LogP contribution in [0, 0.1) is 5.92 Å². The number of piperazine rings is 1. The number of rotatable bonds is 6. The molecule has 0 aromatic heterocycles. The van der Waals surface area contributed by atoms with E-state index in [0.717, 1.165) is 29.0 Å².